The minimum Gasteiger partial charge on any atom is -0.497 e. The molecule has 0 spiro atoms. The Morgan fingerprint density at radius 2 is 1.52 bits per heavy atom. The summed E-state index contributed by atoms with van der Waals surface area (Å²) in [6.07, 6.45) is 3.74. The molecule has 2 fully saturated rings. The topological polar surface area (TPSA) is 30.9 Å². The van der Waals surface area contributed by atoms with Gasteiger partial charge in [0, 0.05) is 18.0 Å². The van der Waals surface area contributed by atoms with Crippen LogP contribution in [-0.4, -0.2) is 45.4 Å². The summed E-state index contributed by atoms with van der Waals surface area (Å²) in [5.41, 5.74) is 2.74. The van der Waals surface area contributed by atoms with Crippen LogP contribution in [0.5, 0.6) is 17.2 Å². The van der Waals surface area contributed by atoms with Gasteiger partial charge in [-0.25, -0.2) is 0 Å². The van der Waals surface area contributed by atoms with E-state index in [1.165, 1.54) is 30.4 Å². The maximum Gasteiger partial charge on any atom is 0.160 e. The van der Waals surface area contributed by atoms with Crippen molar-refractivity contribution in [2.24, 2.45) is 0 Å². The van der Waals surface area contributed by atoms with Gasteiger partial charge in [0.2, 0.25) is 0 Å². The molecule has 144 valence electrons. The van der Waals surface area contributed by atoms with Crippen molar-refractivity contribution in [3.05, 3.63) is 53.6 Å². The number of hydrogen-bond donors (Lipinski definition) is 0. The van der Waals surface area contributed by atoms with Crippen molar-refractivity contribution in [2.45, 2.75) is 43.2 Å². The maximum atomic E-state index is 5.59. The number of fused-ring (bicyclic) bond motifs is 2. The zero-order valence-electron chi connectivity index (χ0n) is 16.6. The first-order chi connectivity index (χ1) is 13.2. The minimum atomic E-state index is 0.446. The van der Waals surface area contributed by atoms with Gasteiger partial charge in [-0.1, -0.05) is 18.2 Å². The molecule has 2 aliphatic rings. The number of hydrogen-bond acceptors (Lipinski definition) is 4. The van der Waals surface area contributed by atoms with Gasteiger partial charge in [-0.2, -0.15) is 0 Å². The second-order valence-corrected chi connectivity index (χ2v) is 7.72. The van der Waals surface area contributed by atoms with Crippen LogP contribution >= 0.6 is 0 Å². The maximum absolute atomic E-state index is 5.59. The summed E-state index contributed by atoms with van der Waals surface area (Å²) in [6.45, 7) is 0. The molecule has 0 amide bonds. The number of piperidine rings is 1. The molecule has 4 nitrogen and oxygen atoms in total. The number of nitrogens with zero attached hydrogens (tertiary/aromatic N) is 1. The van der Waals surface area contributed by atoms with E-state index in [0.717, 1.165) is 17.2 Å². The zero-order valence-corrected chi connectivity index (χ0v) is 16.6. The highest BCUT2D eigenvalue weighted by Crippen LogP contribution is 2.51. The fraction of sp³-hybridized carbons (Fsp3) is 0.478. The van der Waals surface area contributed by atoms with Crippen molar-refractivity contribution in [1.29, 1.82) is 0 Å². The third kappa shape index (κ3) is 3.16. The fourth-order valence-electron chi connectivity index (χ4n) is 5.18. The molecule has 2 bridgehead atoms. The Kier molecular flexibility index (Phi) is 5.00. The van der Waals surface area contributed by atoms with Crippen LogP contribution in [0.15, 0.2) is 42.5 Å². The fourth-order valence-corrected chi connectivity index (χ4v) is 5.18. The largest absolute Gasteiger partial charge is 0.497 e. The van der Waals surface area contributed by atoms with Crippen LogP contribution in [0.2, 0.25) is 0 Å². The van der Waals surface area contributed by atoms with Gasteiger partial charge in [0.1, 0.15) is 5.75 Å². The molecule has 4 rings (SSSR count). The van der Waals surface area contributed by atoms with Gasteiger partial charge in [-0.3, -0.25) is 4.90 Å². The lowest BCUT2D eigenvalue weighted by atomic mass is 9.72. The first-order valence-corrected chi connectivity index (χ1v) is 9.74. The molecule has 0 saturated carbocycles. The van der Waals surface area contributed by atoms with Crippen LogP contribution < -0.4 is 14.2 Å². The molecule has 0 radical (unpaired) electrons. The number of rotatable bonds is 5. The van der Waals surface area contributed by atoms with Crippen molar-refractivity contribution in [2.75, 3.05) is 28.4 Å². The monoisotopic (exact) mass is 367 g/mol. The first kappa shape index (κ1) is 18.2. The van der Waals surface area contributed by atoms with Gasteiger partial charge in [-0.15, -0.1) is 0 Å². The molecule has 27 heavy (non-hydrogen) atoms. The van der Waals surface area contributed by atoms with Crippen LogP contribution in [0.4, 0.5) is 0 Å². The average molecular weight is 367 g/mol. The van der Waals surface area contributed by atoms with E-state index in [-0.39, 0.29) is 0 Å². The van der Waals surface area contributed by atoms with Gasteiger partial charge >= 0.3 is 0 Å². The SMILES string of the molecule is COc1ccc([C@H]2C[C@@H]3CC[C@H]([C@H]2c2ccc(OC)c(OC)c2)N3C)cc1. The highest BCUT2D eigenvalue weighted by molar-refractivity contribution is 5.46. The van der Waals surface area contributed by atoms with E-state index in [0.29, 0.717) is 23.9 Å². The summed E-state index contributed by atoms with van der Waals surface area (Å²) in [6, 6.07) is 16.3. The molecule has 2 saturated heterocycles. The molecular formula is C23H29NO3. The molecule has 2 aromatic carbocycles. The smallest absolute Gasteiger partial charge is 0.160 e. The van der Waals surface area contributed by atoms with Crippen LogP contribution in [0.1, 0.15) is 42.2 Å². The summed E-state index contributed by atoms with van der Waals surface area (Å²) in [4.78, 5) is 2.60. The molecule has 2 aliphatic heterocycles. The Labute approximate surface area is 162 Å². The van der Waals surface area contributed by atoms with E-state index in [1.54, 1.807) is 21.3 Å². The number of benzene rings is 2. The lowest BCUT2D eigenvalue weighted by molar-refractivity contribution is 0.137. The van der Waals surface area contributed by atoms with Gasteiger partial charge in [0.25, 0.3) is 0 Å². The summed E-state index contributed by atoms with van der Waals surface area (Å²) in [5.74, 6) is 3.46. The van der Waals surface area contributed by atoms with Crippen molar-refractivity contribution in [3.63, 3.8) is 0 Å². The number of ether oxygens (including phenoxy) is 3. The second kappa shape index (κ2) is 7.43. The summed E-state index contributed by atoms with van der Waals surface area (Å²) in [5, 5.41) is 0. The van der Waals surface area contributed by atoms with Crippen molar-refractivity contribution in [3.8, 4) is 17.2 Å². The highest BCUT2D eigenvalue weighted by Gasteiger charge is 2.46. The summed E-state index contributed by atoms with van der Waals surface area (Å²) in [7, 11) is 7.41. The number of likely N-dealkylation sites (N-methyl/N-ethyl adjacent to an activating group) is 1. The lowest BCUT2D eigenvalue weighted by Crippen LogP contribution is -2.44. The van der Waals surface area contributed by atoms with Crippen molar-refractivity contribution < 1.29 is 14.2 Å². The Hall–Kier alpha value is -2.20. The van der Waals surface area contributed by atoms with E-state index < -0.39 is 0 Å². The molecule has 2 aromatic rings. The Balaban J connectivity index is 1.75. The Morgan fingerprint density at radius 1 is 0.815 bits per heavy atom. The van der Waals surface area contributed by atoms with E-state index in [4.69, 9.17) is 14.2 Å². The van der Waals surface area contributed by atoms with Crippen LogP contribution in [-0.2, 0) is 0 Å². The predicted molar refractivity (Wildman–Crippen MR) is 107 cm³/mol. The van der Waals surface area contributed by atoms with Crippen molar-refractivity contribution >= 4 is 0 Å². The quantitative estimate of drug-likeness (QED) is 0.781. The number of methoxy groups -OCH3 is 3. The molecule has 4 heteroatoms. The molecule has 0 aliphatic carbocycles. The molecule has 4 atom stereocenters. The molecule has 0 aromatic heterocycles. The Morgan fingerprint density at radius 3 is 2.19 bits per heavy atom. The van der Waals surface area contributed by atoms with Gasteiger partial charge < -0.3 is 14.2 Å². The Bertz CT molecular complexity index is 789. The zero-order chi connectivity index (χ0) is 19.0. The van der Waals surface area contributed by atoms with Crippen molar-refractivity contribution in [1.82, 2.24) is 4.90 Å². The van der Waals surface area contributed by atoms with E-state index in [9.17, 15) is 0 Å². The van der Waals surface area contributed by atoms with E-state index in [2.05, 4.69) is 48.3 Å². The molecule has 0 unspecified atom stereocenters. The third-order valence-corrected chi connectivity index (χ3v) is 6.61. The van der Waals surface area contributed by atoms with E-state index in [1.807, 2.05) is 6.07 Å². The lowest BCUT2D eigenvalue weighted by Gasteiger charge is -2.43. The minimum absolute atomic E-state index is 0.446. The van der Waals surface area contributed by atoms with Gasteiger partial charge in [0.15, 0.2) is 11.5 Å². The van der Waals surface area contributed by atoms with Gasteiger partial charge in [0.05, 0.1) is 21.3 Å². The molecular weight excluding hydrogens is 338 g/mol. The van der Waals surface area contributed by atoms with Crippen LogP contribution in [0.3, 0.4) is 0 Å². The predicted octanol–water partition coefficient (Wildman–Crippen LogP) is 4.45. The van der Waals surface area contributed by atoms with Crippen LogP contribution in [0.25, 0.3) is 0 Å². The molecule has 0 N–H and O–H groups in total. The van der Waals surface area contributed by atoms with Crippen LogP contribution in [0, 0.1) is 0 Å². The first-order valence-electron chi connectivity index (χ1n) is 9.74. The summed E-state index contributed by atoms with van der Waals surface area (Å²) < 4.78 is 16.4. The summed E-state index contributed by atoms with van der Waals surface area (Å²) >= 11 is 0. The molecule has 2 heterocycles. The van der Waals surface area contributed by atoms with Gasteiger partial charge in [-0.05, 0) is 67.6 Å². The average Bonchev–Trinajstić information content (AvgIpc) is 2.95. The normalized spacial score (nSPS) is 27.4. The second-order valence-electron chi connectivity index (χ2n) is 7.72. The standard InChI is InChI=1S/C23H29NO3/c1-24-17-8-11-20(24)23(16-7-12-21(26-3)22(13-16)27-4)19(14-17)15-5-9-18(25-2)10-6-15/h5-7,9-10,12-13,17,19-20,23H,8,11,14H2,1-4H3/t17-,19+,20+,23-/m0/s1. The van der Waals surface area contributed by atoms with E-state index >= 15 is 0 Å². The highest BCUT2D eigenvalue weighted by atomic mass is 16.5. The third-order valence-electron chi connectivity index (χ3n) is 6.61.